The van der Waals surface area contributed by atoms with Crippen molar-refractivity contribution in [1.29, 1.82) is 0 Å². The molecular formula is C10H16N4. The molecule has 1 unspecified atom stereocenters. The van der Waals surface area contributed by atoms with Crippen LogP contribution in [0.4, 0.5) is 5.95 Å². The Morgan fingerprint density at radius 2 is 2.14 bits per heavy atom. The molecule has 0 amide bonds. The summed E-state index contributed by atoms with van der Waals surface area (Å²) in [7, 11) is 0. The first-order valence-corrected chi connectivity index (χ1v) is 5.15. The number of rotatable bonds is 2. The second-order valence-corrected chi connectivity index (χ2v) is 3.63. The zero-order chi connectivity index (χ0) is 9.80. The van der Waals surface area contributed by atoms with Crippen molar-refractivity contribution in [3.05, 3.63) is 18.5 Å². The largest absolute Gasteiger partial charge is 0.337 e. The highest BCUT2D eigenvalue weighted by Crippen LogP contribution is 2.20. The lowest BCUT2D eigenvalue weighted by atomic mass is 10.0. The van der Waals surface area contributed by atoms with Gasteiger partial charge in [0.1, 0.15) is 0 Å². The summed E-state index contributed by atoms with van der Waals surface area (Å²) < 4.78 is 0. The molecule has 0 saturated carbocycles. The lowest BCUT2D eigenvalue weighted by molar-refractivity contribution is 0.458. The summed E-state index contributed by atoms with van der Waals surface area (Å²) >= 11 is 0. The van der Waals surface area contributed by atoms with Crippen LogP contribution in [-0.2, 0) is 0 Å². The van der Waals surface area contributed by atoms with Gasteiger partial charge in [0.05, 0.1) is 0 Å². The van der Waals surface area contributed by atoms with Gasteiger partial charge in [-0.1, -0.05) is 0 Å². The van der Waals surface area contributed by atoms with Gasteiger partial charge in [-0.25, -0.2) is 9.97 Å². The second-order valence-electron chi connectivity index (χ2n) is 3.63. The molecule has 1 aliphatic heterocycles. The van der Waals surface area contributed by atoms with Gasteiger partial charge in [0.2, 0.25) is 5.95 Å². The van der Waals surface area contributed by atoms with Gasteiger partial charge in [-0.3, -0.25) is 0 Å². The smallest absolute Gasteiger partial charge is 0.225 e. The van der Waals surface area contributed by atoms with Crippen molar-refractivity contribution in [1.82, 2.24) is 9.97 Å². The van der Waals surface area contributed by atoms with E-state index in [1.807, 2.05) is 6.07 Å². The molecule has 2 N–H and O–H groups in total. The Hall–Kier alpha value is -1.16. The Kier molecular flexibility index (Phi) is 2.93. The van der Waals surface area contributed by atoms with Gasteiger partial charge in [-0.15, -0.1) is 0 Å². The van der Waals surface area contributed by atoms with Crippen molar-refractivity contribution in [3.63, 3.8) is 0 Å². The minimum atomic E-state index is 0.422. The minimum absolute atomic E-state index is 0.422. The maximum atomic E-state index is 5.73. The Balaban J connectivity index is 2.15. The first kappa shape index (κ1) is 9.40. The van der Waals surface area contributed by atoms with Gasteiger partial charge in [0, 0.05) is 31.5 Å². The third-order valence-corrected chi connectivity index (χ3v) is 2.71. The fourth-order valence-corrected chi connectivity index (χ4v) is 1.95. The Morgan fingerprint density at radius 1 is 1.36 bits per heavy atom. The Morgan fingerprint density at radius 3 is 2.86 bits per heavy atom. The number of nitrogens with two attached hydrogens (primary N) is 1. The number of piperidine rings is 1. The first-order chi connectivity index (χ1) is 6.92. The SMILES string of the molecule is NCC1CCCCN1c1ncccn1. The molecule has 1 aromatic heterocycles. The topological polar surface area (TPSA) is 55.0 Å². The van der Waals surface area contributed by atoms with E-state index < -0.39 is 0 Å². The summed E-state index contributed by atoms with van der Waals surface area (Å²) in [4.78, 5) is 10.7. The normalized spacial score (nSPS) is 22.4. The first-order valence-electron chi connectivity index (χ1n) is 5.15. The molecule has 1 aromatic rings. The van der Waals surface area contributed by atoms with Crippen LogP contribution < -0.4 is 10.6 Å². The van der Waals surface area contributed by atoms with Gasteiger partial charge < -0.3 is 10.6 Å². The lowest BCUT2D eigenvalue weighted by Crippen LogP contribution is -2.45. The monoisotopic (exact) mass is 192 g/mol. The van der Waals surface area contributed by atoms with Gasteiger partial charge in [0.15, 0.2) is 0 Å². The van der Waals surface area contributed by atoms with Crippen molar-refractivity contribution in [2.24, 2.45) is 5.73 Å². The van der Waals surface area contributed by atoms with Gasteiger partial charge in [-0.05, 0) is 25.3 Å². The third-order valence-electron chi connectivity index (χ3n) is 2.71. The Bertz CT molecular complexity index is 275. The molecule has 0 bridgehead atoms. The molecule has 2 heterocycles. The van der Waals surface area contributed by atoms with E-state index in [9.17, 15) is 0 Å². The lowest BCUT2D eigenvalue weighted by Gasteiger charge is -2.34. The predicted octanol–water partition coefficient (Wildman–Crippen LogP) is 0.794. The molecule has 76 valence electrons. The molecule has 2 rings (SSSR count). The highest BCUT2D eigenvalue weighted by molar-refractivity contribution is 5.31. The maximum absolute atomic E-state index is 5.73. The summed E-state index contributed by atoms with van der Waals surface area (Å²) in [5, 5.41) is 0. The molecule has 0 spiro atoms. The maximum Gasteiger partial charge on any atom is 0.225 e. The van der Waals surface area contributed by atoms with Crippen molar-refractivity contribution in [3.8, 4) is 0 Å². The van der Waals surface area contributed by atoms with Crippen LogP contribution >= 0.6 is 0 Å². The quantitative estimate of drug-likeness (QED) is 0.753. The molecule has 1 atom stereocenters. The molecule has 0 aromatic carbocycles. The third kappa shape index (κ3) is 1.85. The van der Waals surface area contributed by atoms with E-state index in [1.165, 1.54) is 12.8 Å². The fraction of sp³-hybridized carbons (Fsp3) is 0.600. The van der Waals surface area contributed by atoms with Crippen LogP contribution in [0, 0.1) is 0 Å². The molecule has 4 nitrogen and oxygen atoms in total. The van der Waals surface area contributed by atoms with Crippen LogP contribution in [0.2, 0.25) is 0 Å². The molecule has 1 fully saturated rings. The Labute approximate surface area is 84.2 Å². The molecule has 1 saturated heterocycles. The van der Waals surface area contributed by atoms with Crippen LogP contribution in [0.25, 0.3) is 0 Å². The van der Waals surface area contributed by atoms with E-state index in [4.69, 9.17) is 5.73 Å². The second kappa shape index (κ2) is 4.37. The number of aromatic nitrogens is 2. The fourth-order valence-electron chi connectivity index (χ4n) is 1.95. The molecule has 14 heavy (non-hydrogen) atoms. The van der Waals surface area contributed by atoms with Crippen molar-refractivity contribution < 1.29 is 0 Å². The molecule has 0 radical (unpaired) electrons. The van der Waals surface area contributed by atoms with Crippen LogP contribution in [0.5, 0.6) is 0 Å². The van der Waals surface area contributed by atoms with E-state index in [-0.39, 0.29) is 0 Å². The van der Waals surface area contributed by atoms with Crippen molar-refractivity contribution in [2.45, 2.75) is 25.3 Å². The van der Waals surface area contributed by atoms with Crippen LogP contribution in [0.3, 0.4) is 0 Å². The van der Waals surface area contributed by atoms with E-state index >= 15 is 0 Å². The number of hydrogen-bond donors (Lipinski definition) is 1. The highest BCUT2D eigenvalue weighted by atomic mass is 15.3. The molecule has 4 heteroatoms. The van der Waals surface area contributed by atoms with Gasteiger partial charge >= 0.3 is 0 Å². The number of anilines is 1. The number of hydrogen-bond acceptors (Lipinski definition) is 4. The van der Waals surface area contributed by atoms with Gasteiger partial charge in [-0.2, -0.15) is 0 Å². The zero-order valence-corrected chi connectivity index (χ0v) is 8.26. The highest BCUT2D eigenvalue weighted by Gasteiger charge is 2.22. The van der Waals surface area contributed by atoms with E-state index in [2.05, 4.69) is 14.9 Å². The summed E-state index contributed by atoms with van der Waals surface area (Å²) in [5.74, 6) is 0.822. The average Bonchev–Trinajstić information content (AvgIpc) is 2.30. The summed E-state index contributed by atoms with van der Waals surface area (Å²) in [6.07, 6.45) is 7.21. The summed E-state index contributed by atoms with van der Waals surface area (Å²) in [6.45, 7) is 1.73. The van der Waals surface area contributed by atoms with Crippen LogP contribution in [-0.4, -0.2) is 29.1 Å². The van der Waals surface area contributed by atoms with Gasteiger partial charge in [0.25, 0.3) is 0 Å². The minimum Gasteiger partial charge on any atom is -0.337 e. The molecular weight excluding hydrogens is 176 g/mol. The summed E-state index contributed by atoms with van der Waals surface area (Å²) in [6, 6.07) is 2.26. The number of nitrogens with zero attached hydrogens (tertiary/aromatic N) is 3. The summed E-state index contributed by atoms with van der Waals surface area (Å²) in [5.41, 5.74) is 5.73. The standard InChI is InChI=1S/C10H16N4/c11-8-9-4-1-2-7-14(9)10-12-5-3-6-13-10/h3,5-6,9H,1-2,4,7-8,11H2. The van der Waals surface area contributed by atoms with E-state index in [0.717, 1.165) is 18.9 Å². The van der Waals surface area contributed by atoms with Crippen molar-refractivity contribution >= 4 is 5.95 Å². The van der Waals surface area contributed by atoms with E-state index in [0.29, 0.717) is 12.6 Å². The molecule has 1 aliphatic rings. The molecule has 0 aliphatic carbocycles. The average molecular weight is 192 g/mol. The van der Waals surface area contributed by atoms with E-state index in [1.54, 1.807) is 12.4 Å². The van der Waals surface area contributed by atoms with Crippen LogP contribution in [0.15, 0.2) is 18.5 Å². The van der Waals surface area contributed by atoms with Crippen molar-refractivity contribution in [2.75, 3.05) is 18.0 Å². The zero-order valence-electron chi connectivity index (χ0n) is 8.26. The van der Waals surface area contributed by atoms with Crippen LogP contribution in [0.1, 0.15) is 19.3 Å². The predicted molar refractivity (Wildman–Crippen MR) is 56.1 cm³/mol.